The van der Waals surface area contributed by atoms with Crippen LogP contribution in [0, 0.1) is 17.3 Å². The highest BCUT2D eigenvalue weighted by molar-refractivity contribution is 5.02. The minimum absolute atomic E-state index is 0.789. The standard InChI is InChI=1S/C17H34/c1-5-7-9-11-13-17(12-10-8-6-2)14-16(17)15(3)4/h15-16H,5-14H2,1-4H3. The zero-order valence-electron chi connectivity index (χ0n) is 12.7. The molecule has 0 aromatic carbocycles. The van der Waals surface area contributed by atoms with E-state index < -0.39 is 0 Å². The van der Waals surface area contributed by atoms with Crippen LogP contribution >= 0.6 is 0 Å². The van der Waals surface area contributed by atoms with Crippen LogP contribution in [0.4, 0.5) is 0 Å². The highest BCUT2D eigenvalue weighted by Crippen LogP contribution is 2.62. The van der Waals surface area contributed by atoms with Gasteiger partial charge in [-0.2, -0.15) is 0 Å². The third kappa shape index (κ3) is 4.64. The Labute approximate surface area is 110 Å². The SMILES string of the molecule is CCCCCCC1(CCCCC)CC1C(C)C. The maximum absolute atomic E-state index is 2.43. The zero-order valence-corrected chi connectivity index (χ0v) is 12.7. The van der Waals surface area contributed by atoms with E-state index in [1.54, 1.807) is 6.42 Å². The van der Waals surface area contributed by atoms with E-state index in [-0.39, 0.29) is 0 Å². The second-order valence-electron chi connectivity index (χ2n) is 6.68. The van der Waals surface area contributed by atoms with Gasteiger partial charge in [-0.3, -0.25) is 0 Å². The molecule has 0 spiro atoms. The molecule has 0 heteroatoms. The molecule has 0 saturated heterocycles. The van der Waals surface area contributed by atoms with Gasteiger partial charge in [-0.15, -0.1) is 0 Å². The van der Waals surface area contributed by atoms with Gasteiger partial charge in [0, 0.05) is 0 Å². The molecule has 2 unspecified atom stereocenters. The number of hydrogen-bond donors (Lipinski definition) is 0. The molecule has 0 N–H and O–H groups in total. The van der Waals surface area contributed by atoms with Crippen LogP contribution in [0.2, 0.25) is 0 Å². The van der Waals surface area contributed by atoms with E-state index in [1.165, 1.54) is 57.8 Å². The first-order valence-electron chi connectivity index (χ1n) is 8.16. The van der Waals surface area contributed by atoms with Crippen LogP contribution in [0.25, 0.3) is 0 Å². The van der Waals surface area contributed by atoms with Crippen LogP contribution in [-0.2, 0) is 0 Å². The lowest BCUT2D eigenvalue weighted by Gasteiger charge is -2.19. The van der Waals surface area contributed by atoms with Gasteiger partial charge in [0.15, 0.2) is 0 Å². The van der Waals surface area contributed by atoms with Crippen molar-refractivity contribution < 1.29 is 0 Å². The highest BCUT2D eigenvalue weighted by Gasteiger charge is 2.53. The lowest BCUT2D eigenvalue weighted by molar-refractivity contribution is 0.320. The molecular weight excluding hydrogens is 204 g/mol. The first kappa shape index (κ1) is 15.1. The van der Waals surface area contributed by atoms with Gasteiger partial charge < -0.3 is 0 Å². The van der Waals surface area contributed by atoms with Crippen molar-refractivity contribution in [1.82, 2.24) is 0 Å². The predicted octanol–water partition coefficient (Wildman–Crippen LogP) is 6.20. The lowest BCUT2D eigenvalue weighted by Crippen LogP contribution is -2.08. The Morgan fingerprint density at radius 1 is 0.882 bits per heavy atom. The van der Waals surface area contributed by atoms with E-state index in [4.69, 9.17) is 0 Å². The molecule has 2 atom stereocenters. The second kappa shape index (κ2) is 7.44. The fourth-order valence-corrected chi connectivity index (χ4v) is 3.65. The first-order chi connectivity index (χ1) is 8.16. The Hall–Kier alpha value is 0. The third-order valence-electron chi connectivity index (χ3n) is 4.86. The summed E-state index contributed by atoms with van der Waals surface area (Å²) in [6, 6.07) is 0. The number of hydrogen-bond acceptors (Lipinski definition) is 0. The number of rotatable bonds is 10. The fourth-order valence-electron chi connectivity index (χ4n) is 3.65. The van der Waals surface area contributed by atoms with Crippen molar-refractivity contribution >= 4 is 0 Å². The fraction of sp³-hybridized carbons (Fsp3) is 1.00. The maximum Gasteiger partial charge on any atom is -0.0264 e. The molecule has 0 nitrogen and oxygen atoms in total. The van der Waals surface area contributed by atoms with Gasteiger partial charge in [0.1, 0.15) is 0 Å². The van der Waals surface area contributed by atoms with Gasteiger partial charge in [0.25, 0.3) is 0 Å². The average molecular weight is 238 g/mol. The Morgan fingerprint density at radius 3 is 1.88 bits per heavy atom. The van der Waals surface area contributed by atoms with Crippen LogP contribution in [0.1, 0.15) is 91.9 Å². The Kier molecular flexibility index (Phi) is 6.59. The third-order valence-corrected chi connectivity index (χ3v) is 4.86. The minimum Gasteiger partial charge on any atom is -0.0654 e. The van der Waals surface area contributed by atoms with E-state index in [0.29, 0.717) is 0 Å². The summed E-state index contributed by atoms with van der Waals surface area (Å²) >= 11 is 0. The maximum atomic E-state index is 2.43. The van der Waals surface area contributed by atoms with Gasteiger partial charge in [-0.1, -0.05) is 72.6 Å². The molecule has 0 aromatic rings. The van der Waals surface area contributed by atoms with Crippen LogP contribution in [0.15, 0.2) is 0 Å². The average Bonchev–Trinajstić information content (AvgIpc) is 3.01. The summed E-state index contributed by atoms with van der Waals surface area (Å²) in [5.41, 5.74) is 0.789. The molecule has 0 aliphatic heterocycles. The van der Waals surface area contributed by atoms with Crippen molar-refractivity contribution in [3.05, 3.63) is 0 Å². The van der Waals surface area contributed by atoms with E-state index in [9.17, 15) is 0 Å². The van der Waals surface area contributed by atoms with Crippen molar-refractivity contribution in [3.63, 3.8) is 0 Å². The van der Waals surface area contributed by atoms with E-state index in [1.807, 2.05) is 0 Å². The lowest BCUT2D eigenvalue weighted by atomic mass is 9.86. The van der Waals surface area contributed by atoms with Gasteiger partial charge in [-0.25, -0.2) is 0 Å². The molecule has 1 rings (SSSR count). The Bertz CT molecular complexity index is 194. The molecule has 1 saturated carbocycles. The zero-order chi connectivity index (χ0) is 12.7. The molecule has 1 fully saturated rings. The molecule has 102 valence electrons. The molecule has 1 aliphatic rings. The molecule has 0 radical (unpaired) electrons. The van der Waals surface area contributed by atoms with Gasteiger partial charge in [-0.05, 0) is 36.5 Å². The number of unbranched alkanes of at least 4 members (excludes halogenated alkanes) is 5. The summed E-state index contributed by atoms with van der Waals surface area (Å²) in [7, 11) is 0. The van der Waals surface area contributed by atoms with Crippen LogP contribution in [-0.4, -0.2) is 0 Å². The van der Waals surface area contributed by atoms with Crippen molar-refractivity contribution in [2.45, 2.75) is 91.9 Å². The van der Waals surface area contributed by atoms with Gasteiger partial charge in [0.05, 0.1) is 0 Å². The summed E-state index contributed by atoms with van der Waals surface area (Å²) in [6.07, 6.45) is 14.7. The van der Waals surface area contributed by atoms with E-state index in [0.717, 1.165) is 17.3 Å². The highest BCUT2D eigenvalue weighted by atomic mass is 14.6. The van der Waals surface area contributed by atoms with Crippen molar-refractivity contribution in [1.29, 1.82) is 0 Å². The summed E-state index contributed by atoms with van der Waals surface area (Å²) < 4.78 is 0. The van der Waals surface area contributed by atoms with Crippen molar-refractivity contribution in [3.8, 4) is 0 Å². The summed E-state index contributed by atoms with van der Waals surface area (Å²) in [6.45, 7) is 9.49. The second-order valence-corrected chi connectivity index (χ2v) is 6.68. The molecular formula is C17H34. The minimum atomic E-state index is 0.789. The largest absolute Gasteiger partial charge is 0.0654 e. The first-order valence-corrected chi connectivity index (χ1v) is 8.16. The Balaban J connectivity index is 2.29. The normalized spacial score (nSPS) is 27.7. The Morgan fingerprint density at radius 2 is 1.41 bits per heavy atom. The molecule has 0 heterocycles. The van der Waals surface area contributed by atoms with Crippen LogP contribution in [0.3, 0.4) is 0 Å². The van der Waals surface area contributed by atoms with Crippen LogP contribution < -0.4 is 0 Å². The van der Waals surface area contributed by atoms with E-state index >= 15 is 0 Å². The van der Waals surface area contributed by atoms with Gasteiger partial charge >= 0.3 is 0 Å². The molecule has 0 amide bonds. The quantitative estimate of drug-likeness (QED) is 0.397. The molecule has 17 heavy (non-hydrogen) atoms. The van der Waals surface area contributed by atoms with Crippen molar-refractivity contribution in [2.24, 2.45) is 17.3 Å². The van der Waals surface area contributed by atoms with Gasteiger partial charge in [0.2, 0.25) is 0 Å². The van der Waals surface area contributed by atoms with E-state index in [2.05, 4.69) is 27.7 Å². The summed E-state index contributed by atoms with van der Waals surface area (Å²) in [5.74, 6) is 1.98. The monoisotopic (exact) mass is 238 g/mol. The summed E-state index contributed by atoms with van der Waals surface area (Å²) in [4.78, 5) is 0. The smallest absolute Gasteiger partial charge is 0.0264 e. The van der Waals surface area contributed by atoms with Crippen LogP contribution in [0.5, 0.6) is 0 Å². The summed E-state index contributed by atoms with van der Waals surface area (Å²) in [5, 5.41) is 0. The molecule has 1 aliphatic carbocycles. The molecule has 0 aromatic heterocycles. The predicted molar refractivity (Wildman–Crippen MR) is 78.3 cm³/mol. The van der Waals surface area contributed by atoms with Crippen molar-refractivity contribution in [2.75, 3.05) is 0 Å². The topological polar surface area (TPSA) is 0 Å². The molecule has 0 bridgehead atoms.